The molecule has 0 saturated heterocycles. The van der Waals surface area contributed by atoms with Crippen molar-refractivity contribution in [2.24, 2.45) is 0 Å². The molecule has 0 fully saturated rings. The standard InChI is InChI=1S/C10H10N2O2/c1-5-9-6(4-12-5)10(14)7(11-2)3-8(9)13/h3-4,11-12H,1-2H3. The van der Waals surface area contributed by atoms with Crippen LogP contribution < -0.4 is 5.32 Å². The van der Waals surface area contributed by atoms with Crippen LogP contribution in [0.2, 0.25) is 0 Å². The minimum atomic E-state index is -0.133. The number of aromatic nitrogens is 1. The van der Waals surface area contributed by atoms with E-state index in [1.54, 1.807) is 20.2 Å². The molecule has 0 aromatic carbocycles. The maximum atomic E-state index is 11.7. The van der Waals surface area contributed by atoms with Crippen LogP contribution in [0.1, 0.15) is 26.4 Å². The molecular weight excluding hydrogens is 180 g/mol. The number of carbonyl (C=O) groups excluding carboxylic acids is 2. The van der Waals surface area contributed by atoms with E-state index in [1.807, 2.05) is 0 Å². The van der Waals surface area contributed by atoms with Gasteiger partial charge in [0.1, 0.15) is 0 Å². The monoisotopic (exact) mass is 190 g/mol. The molecule has 2 N–H and O–H groups in total. The lowest BCUT2D eigenvalue weighted by Gasteiger charge is -2.11. The van der Waals surface area contributed by atoms with Gasteiger partial charge in [0.25, 0.3) is 0 Å². The van der Waals surface area contributed by atoms with Crippen LogP contribution in [0.4, 0.5) is 0 Å². The molecule has 0 aliphatic heterocycles. The number of ketones is 2. The molecule has 0 radical (unpaired) electrons. The number of likely N-dealkylation sites (N-methyl/N-ethyl adjacent to an activating group) is 1. The highest BCUT2D eigenvalue weighted by atomic mass is 16.1. The first-order chi connectivity index (χ1) is 6.65. The lowest BCUT2D eigenvalue weighted by atomic mass is 9.95. The molecule has 0 unspecified atom stereocenters. The third-order valence-corrected chi connectivity index (χ3v) is 2.36. The molecule has 0 bridgehead atoms. The lowest BCUT2D eigenvalue weighted by Crippen LogP contribution is -2.23. The number of aromatic amines is 1. The maximum Gasteiger partial charge on any atom is 0.211 e. The van der Waals surface area contributed by atoms with Crippen LogP contribution in [-0.2, 0) is 0 Å². The van der Waals surface area contributed by atoms with E-state index in [1.165, 1.54) is 6.08 Å². The van der Waals surface area contributed by atoms with E-state index in [9.17, 15) is 9.59 Å². The van der Waals surface area contributed by atoms with Crippen LogP contribution in [0.15, 0.2) is 18.0 Å². The van der Waals surface area contributed by atoms with Gasteiger partial charge >= 0.3 is 0 Å². The topological polar surface area (TPSA) is 62.0 Å². The Morgan fingerprint density at radius 3 is 2.71 bits per heavy atom. The average Bonchev–Trinajstić information content (AvgIpc) is 2.54. The van der Waals surface area contributed by atoms with Gasteiger partial charge in [-0.05, 0) is 6.92 Å². The number of allylic oxidation sites excluding steroid dienone is 2. The minimum absolute atomic E-state index is 0.122. The van der Waals surface area contributed by atoms with Gasteiger partial charge in [0.15, 0.2) is 5.78 Å². The van der Waals surface area contributed by atoms with Gasteiger partial charge in [0.2, 0.25) is 5.78 Å². The molecule has 1 heterocycles. The first-order valence-corrected chi connectivity index (χ1v) is 4.31. The Morgan fingerprint density at radius 2 is 2.07 bits per heavy atom. The van der Waals surface area contributed by atoms with Crippen LogP contribution in [-0.4, -0.2) is 23.6 Å². The van der Waals surface area contributed by atoms with Crippen LogP contribution in [0, 0.1) is 6.92 Å². The van der Waals surface area contributed by atoms with Crippen LogP contribution in [0.3, 0.4) is 0 Å². The summed E-state index contributed by atoms with van der Waals surface area (Å²) in [5.41, 5.74) is 2.04. The molecule has 1 aliphatic carbocycles. The third kappa shape index (κ3) is 1.00. The fraction of sp³-hybridized carbons (Fsp3) is 0.200. The van der Waals surface area contributed by atoms with Crippen molar-refractivity contribution in [2.75, 3.05) is 7.05 Å². The summed E-state index contributed by atoms with van der Waals surface area (Å²) >= 11 is 0. The van der Waals surface area contributed by atoms with Gasteiger partial charge in [-0.25, -0.2) is 0 Å². The number of hydrogen-bond acceptors (Lipinski definition) is 3. The highest BCUT2D eigenvalue weighted by molar-refractivity contribution is 6.24. The van der Waals surface area contributed by atoms with Gasteiger partial charge in [-0.1, -0.05) is 0 Å². The molecule has 1 aromatic heterocycles. The van der Waals surface area contributed by atoms with E-state index < -0.39 is 0 Å². The number of H-pyrrole nitrogens is 1. The van der Waals surface area contributed by atoms with E-state index in [0.717, 1.165) is 5.69 Å². The summed E-state index contributed by atoms with van der Waals surface area (Å²) in [7, 11) is 1.63. The first kappa shape index (κ1) is 8.74. The number of aryl methyl sites for hydroxylation is 1. The molecule has 4 heteroatoms. The Bertz CT molecular complexity index is 455. The molecule has 0 saturated carbocycles. The van der Waals surface area contributed by atoms with Crippen LogP contribution in [0.5, 0.6) is 0 Å². The van der Waals surface area contributed by atoms with E-state index >= 15 is 0 Å². The van der Waals surface area contributed by atoms with Crippen LogP contribution in [0.25, 0.3) is 0 Å². The molecule has 1 aliphatic rings. The summed E-state index contributed by atoms with van der Waals surface area (Å²) < 4.78 is 0. The number of nitrogens with one attached hydrogen (secondary N) is 2. The molecule has 0 amide bonds. The van der Waals surface area contributed by atoms with E-state index in [-0.39, 0.29) is 11.6 Å². The summed E-state index contributed by atoms with van der Waals surface area (Å²) in [6.07, 6.45) is 2.92. The van der Waals surface area contributed by atoms with E-state index in [2.05, 4.69) is 10.3 Å². The quantitative estimate of drug-likeness (QED) is 0.688. The predicted octanol–water partition coefficient (Wildman–Crippen LogP) is 0.805. The van der Waals surface area contributed by atoms with Gasteiger partial charge < -0.3 is 10.3 Å². The Kier molecular flexibility index (Phi) is 1.77. The fourth-order valence-electron chi connectivity index (χ4n) is 1.62. The summed E-state index contributed by atoms with van der Waals surface area (Å²) in [4.78, 5) is 26.2. The molecule has 0 spiro atoms. The Labute approximate surface area is 81.0 Å². The Balaban J connectivity index is 2.62. The number of Topliss-reactive ketones (excluding diaryl/α,β-unsaturated/α-hetero) is 1. The zero-order chi connectivity index (χ0) is 10.3. The molecule has 4 nitrogen and oxygen atoms in total. The molecule has 14 heavy (non-hydrogen) atoms. The van der Waals surface area contributed by atoms with Gasteiger partial charge in [-0.15, -0.1) is 0 Å². The SMILES string of the molecule is CNC1=CC(=O)c2c(c[nH]c2C)C1=O. The highest BCUT2D eigenvalue weighted by Crippen LogP contribution is 2.22. The largest absolute Gasteiger partial charge is 0.385 e. The van der Waals surface area contributed by atoms with Crippen molar-refractivity contribution >= 4 is 11.6 Å². The highest BCUT2D eigenvalue weighted by Gasteiger charge is 2.27. The number of hydrogen-bond donors (Lipinski definition) is 2. The van der Waals surface area contributed by atoms with Crippen molar-refractivity contribution in [1.82, 2.24) is 10.3 Å². The summed E-state index contributed by atoms with van der Waals surface area (Å²) in [5.74, 6) is -0.255. The predicted molar refractivity (Wildman–Crippen MR) is 51.3 cm³/mol. The molecule has 1 aromatic rings. The van der Waals surface area contributed by atoms with E-state index in [4.69, 9.17) is 0 Å². The molecule has 0 atom stereocenters. The van der Waals surface area contributed by atoms with Crippen molar-refractivity contribution in [3.8, 4) is 0 Å². The van der Waals surface area contributed by atoms with E-state index in [0.29, 0.717) is 16.8 Å². The summed E-state index contributed by atoms with van der Waals surface area (Å²) in [6, 6.07) is 0. The summed E-state index contributed by atoms with van der Waals surface area (Å²) in [5, 5.41) is 2.71. The number of carbonyl (C=O) groups is 2. The van der Waals surface area contributed by atoms with Crippen molar-refractivity contribution in [1.29, 1.82) is 0 Å². The smallest absolute Gasteiger partial charge is 0.211 e. The zero-order valence-corrected chi connectivity index (χ0v) is 7.97. The third-order valence-electron chi connectivity index (χ3n) is 2.36. The van der Waals surface area contributed by atoms with Gasteiger partial charge in [0.05, 0.1) is 16.8 Å². The second-order valence-corrected chi connectivity index (χ2v) is 3.20. The second kappa shape index (κ2) is 2.83. The number of rotatable bonds is 1. The van der Waals surface area contributed by atoms with Crippen molar-refractivity contribution in [3.05, 3.63) is 34.8 Å². The van der Waals surface area contributed by atoms with Crippen molar-refractivity contribution in [2.45, 2.75) is 6.92 Å². The van der Waals surface area contributed by atoms with Crippen LogP contribution >= 0.6 is 0 Å². The fourth-order valence-corrected chi connectivity index (χ4v) is 1.62. The van der Waals surface area contributed by atoms with Crippen molar-refractivity contribution < 1.29 is 9.59 Å². The maximum absolute atomic E-state index is 11.7. The minimum Gasteiger partial charge on any atom is -0.385 e. The molecular formula is C10H10N2O2. The molecule has 72 valence electrons. The van der Waals surface area contributed by atoms with Crippen molar-refractivity contribution in [3.63, 3.8) is 0 Å². The Morgan fingerprint density at radius 1 is 1.36 bits per heavy atom. The normalized spacial score (nSPS) is 15.1. The Hall–Kier alpha value is -1.84. The first-order valence-electron chi connectivity index (χ1n) is 4.31. The molecule has 2 rings (SSSR count). The van der Waals surface area contributed by atoms with Gasteiger partial charge in [0, 0.05) is 25.0 Å². The lowest BCUT2D eigenvalue weighted by molar-refractivity contribution is 0.0980. The summed E-state index contributed by atoms with van der Waals surface area (Å²) in [6.45, 7) is 1.78. The van der Waals surface area contributed by atoms with Gasteiger partial charge in [-0.3, -0.25) is 9.59 Å². The zero-order valence-electron chi connectivity index (χ0n) is 7.97. The number of fused-ring (bicyclic) bond motifs is 1. The van der Waals surface area contributed by atoms with Gasteiger partial charge in [-0.2, -0.15) is 0 Å². The second-order valence-electron chi connectivity index (χ2n) is 3.20. The average molecular weight is 190 g/mol.